The van der Waals surface area contributed by atoms with E-state index in [0.29, 0.717) is 12.5 Å². The Kier molecular flexibility index (Phi) is 6.71. The topological polar surface area (TPSA) is 62.3 Å². The van der Waals surface area contributed by atoms with Crippen molar-refractivity contribution in [2.24, 2.45) is 0 Å². The van der Waals surface area contributed by atoms with Crippen molar-refractivity contribution in [2.45, 2.75) is 51.0 Å². The van der Waals surface area contributed by atoms with E-state index in [4.69, 9.17) is 4.74 Å². The molecule has 1 heterocycles. The van der Waals surface area contributed by atoms with Crippen LogP contribution in [0.15, 0.2) is 73.3 Å². The van der Waals surface area contributed by atoms with Gasteiger partial charge in [-0.3, -0.25) is 4.79 Å². The number of hydrogen-bond acceptors (Lipinski definition) is 2. The van der Waals surface area contributed by atoms with E-state index in [2.05, 4.69) is 41.9 Å². The van der Waals surface area contributed by atoms with Gasteiger partial charge in [0.1, 0.15) is 12.4 Å². The minimum absolute atomic E-state index is 0.0222. The first kappa shape index (κ1) is 23.0. The minimum Gasteiger partial charge on any atom is -0.489 e. The van der Waals surface area contributed by atoms with Gasteiger partial charge in [0, 0.05) is 16.5 Å². The molecule has 1 aromatic heterocycles. The van der Waals surface area contributed by atoms with Crippen LogP contribution in [0.2, 0.25) is 0 Å². The van der Waals surface area contributed by atoms with Gasteiger partial charge in [0.05, 0.1) is 12.1 Å². The molecule has 1 aliphatic rings. The van der Waals surface area contributed by atoms with Crippen LogP contribution in [-0.4, -0.2) is 16.1 Å². The minimum atomic E-state index is -0.816. The van der Waals surface area contributed by atoms with Crippen molar-refractivity contribution in [3.63, 3.8) is 0 Å². The summed E-state index contributed by atoms with van der Waals surface area (Å²) in [7, 11) is 0. The fraction of sp³-hybridized carbons (Fsp3) is 0.258. The average Bonchev–Trinajstić information content (AvgIpc) is 3.26. The molecule has 0 bridgehead atoms. The molecule has 0 unspecified atom stereocenters. The first-order chi connectivity index (χ1) is 17.1. The summed E-state index contributed by atoms with van der Waals surface area (Å²) in [5.41, 5.74) is 7.52. The van der Waals surface area contributed by atoms with E-state index in [1.54, 1.807) is 0 Å². The highest BCUT2D eigenvalue weighted by Gasteiger charge is 2.25. The second-order valence-corrected chi connectivity index (χ2v) is 9.43. The molecule has 0 amide bonds. The molecule has 1 aliphatic carbocycles. The Morgan fingerprint density at radius 1 is 1.00 bits per heavy atom. The van der Waals surface area contributed by atoms with Crippen LogP contribution >= 0.6 is 0 Å². The summed E-state index contributed by atoms with van der Waals surface area (Å²) < 4.78 is 6.07. The smallest absolute Gasteiger partial charge is 0.307 e. The lowest BCUT2D eigenvalue weighted by Crippen LogP contribution is -2.05. The van der Waals surface area contributed by atoms with Crippen molar-refractivity contribution in [2.75, 3.05) is 0 Å². The van der Waals surface area contributed by atoms with E-state index < -0.39 is 5.97 Å². The molecule has 1 saturated carbocycles. The summed E-state index contributed by atoms with van der Waals surface area (Å²) in [6.45, 7) is 4.60. The van der Waals surface area contributed by atoms with Crippen molar-refractivity contribution in [3.8, 4) is 17.0 Å². The molecule has 178 valence electrons. The third-order valence-corrected chi connectivity index (χ3v) is 7.03. The van der Waals surface area contributed by atoms with Gasteiger partial charge in [0.2, 0.25) is 0 Å². The monoisotopic (exact) mass is 465 g/mol. The number of fused-ring (bicyclic) bond motifs is 1. The Morgan fingerprint density at radius 3 is 2.54 bits per heavy atom. The normalized spacial score (nSPS) is 14.2. The molecule has 4 nitrogen and oxygen atoms in total. The number of hydrogen-bond donors (Lipinski definition) is 2. The number of carbonyl (C=O) groups is 1. The highest BCUT2D eigenvalue weighted by atomic mass is 16.5. The molecule has 2 N–H and O–H groups in total. The fourth-order valence-electron chi connectivity index (χ4n) is 5.35. The number of ether oxygens (including phenoxy) is 1. The Hall–Kier alpha value is -3.79. The molecule has 0 saturated heterocycles. The highest BCUT2D eigenvalue weighted by molar-refractivity contribution is 5.94. The largest absolute Gasteiger partial charge is 0.489 e. The van der Waals surface area contributed by atoms with Crippen LogP contribution in [-0.2, 0) is 17.8 Å². The molecule has 5 rings (SSSR count). The van der Waals surface area contributed by atoms with Crippen LogP contribution in [0, 0.1) is 0 Å². The van der Waals surface area contributed by atoms with E-state index in [9.17, 15) is 9.90 Å². The number of aromatic nitrogens is 1. The van der Waals surface area contributed by atoms with Crippen LogP contribution in [0.5, 0.6) is 5.75 Å². The molecule has 0 radical (unpaired) electrons. The molecule has 1 fully saturated rings. The lowest BCUT2D eigenvalue weighted by Gasteiger charge is -2.23. The maximum absolute atomic E-state index is 11.3. The molecular formula is C31H31NO3. The third-order valence-electron chi connectivity index (χ3n) is 7.03. The summed E-state index contributed by atoms with van der Waals surface area (Å²) in [4.78, 5) is 14.9. The Balaban J connectivity index is 1.55. The average molecular weight is 466 g/mol. The number of rotatable bonds is 8. The van der Waals surface area contributed by atoms with Crippen molar-refractivity contribution in [1.29, 1.82) is 0 Å². The summed E-state index contributed by atoms with van der Waals surface area (Å²) in [6, 6.07) is 22.4. The fourth-order valence-corrected chi connectivity index (χ4v) is 5.35. The molecule has 4 heteroatoms. The predicted octanol–water partition coefficient (Wildman–Crippen LogP) is 7.73. The van der Waals surface area contributed by atoms with E-state index in [0.717, 1.165) is 39.2 Å². The maximum Gasteiger partial charge on any atom is 0.307 e. The van der Waals surface area contributed by atoms with Gasteiger partial charge in [0.15, 0.2) is 0 Å². The predicted molar refractivity (Wildman–Crippen MR) is 142 cm³/mol. The lowest BCUT2D eigenvalue weighted by molar-refractivity contribution is -0.136. The molecule has 35 heavy (non-hydrogen) atoms. The first-order valence-electron chi connectivity index (χ1n) is 12.4. The zero-order valence-corrected chi connectivity index (χ0v) is 19.9. The summed E-state index contributed by atoms with van der Waals surface area (Å²) in [6.07, 6.45) is 8.05. The van der Waals surface area contributed by atoms with Gasteiger partial charge in [-0.15, -0.1) is 0 Å². The molecule has 0 aliphatic heterocycles. The number of aliphatic carboxylic acids is 1. The van der Waals surface area contributed by atoms with Gasteiger partial charge in [-0.2, -0.15) is 0 Å². The zero-order valence-electron chi connectivity index (χ0n) is 19.9. The second kappa shape index (κ2) is 10.2. The van der Waals surface area contributed by atoms with Gasteiger partial charge in [-0.05, 0) is 65.3 Å². The summed E-state index contributed by atoms with van der Waals surface area (Å²) in [5.74, 6) is 0.486. The van der Waals surface area contributed by atoms with Crippen molar-refractivity contribution < 1.29 is 14.6 Å². The van der Waals surface area contributed by atoms with E-state index >= 15 is 0 Å². The molecule has 3 aromatic carbocycles. The number of benzene rings is 3. The van der Waals surface area contributed by atoms with Gasteiger partial charge < -0.3 is 14.8 Å². The van der Waals surface area contributed by atoms with E-state index in [1.807, 2.05) is 42.5 Å². The van der Waals surface area contributed by atoms with Crippen LogP contribution < -0.4 is 4.74 Å². The van der Waals surface area contributed by atoms with Crippen LogP contribution in [0.25, 0.3) is 28.2 Å². The van der Waals surface area contributed by atoms with Crippen LogP contribution in [0.1, 0.15) is 60.3 Å². The van der Waals surface area contributed by atoms with Gasteiger partial charge in [0.25, 0.3) is 0 Å². The number of H-pyrrole nitrogens is 1. The Bertz CT molecular complexity index is 1350. The van der Waals surface area contributed by atoms with Crippen LogP contribution in [0.3, 0.4) is 0 Å². The van der Waals surface area contributed by atoms with Gasteiger partial charge in [-0.25, -0.2) is 0 Å². The lowest BCUT2D eigenvalue weighted by atomic mass is 9.81. The number of nitrogens with one attached hydrogen (secondary N) is 1. The highest BCUT2D eigenvalue weighted by Crippen LogP contribution is 2.43. The molecule has 0 atom stereocenters. The summed E-state index contributed by atoms with van der Waals surface area (Å²) in [5, 5.41) is 10.5. The maximum atomic E-state index is 11.3. The number of aromatic amines is 1. The molecule has 4 aromatic rings. The summed E-state index contributed by atoms with van der Waals surface area (Å²) >= 11 is 0. The molecule has 0 spiro atoms. The van der Waals surface area contributed by atoms with Crippen LogP contribution in [0.4, 0.5) is 0 Å². The van der Waals surface area contributed by atoms with E-state index in [1.165, 1.54) is 43.1 Å². The third kappa shape index (κ3) is 5.02. The molecular weight excluding hydrogens is 434 g/mol. The van der Waals surface area contributed by atoms with E-state index in [-0.39, 0.29) is 6.42 Å². The van der Waals surface area contributed by atoms with Crippen molar-refractivity contribution in [3.05, 3.63) is 95.6 Å². The standard InChI is InChI=1S/C31H31NO3/c1-2-23-19-25(35-20-21-9-5-3-6-10-21)14-16-26(23)31-30(24-11-7-4-8-12-24)27-15-13-22(18-29(33)34)17-28(27)32-31/h2-3,5-6,9-10,13-17,19,24,32H,1,4,7-8,11-12,18,20H2,(H,33,34). The first-order valence-corrected chi connectivity index (χ1v) is 12.4. The van der Waals surface area contributed by atoms with Crippen molar-refractivity contribution >= 4 is 22.9 Å². The SMILES string of the molecule is C=Cc1cc(OCc2ccccc2)ccc1-c1[nH]c2cc(CC(=O)O)ccc2c1C1CCCCC1. The number of carboxylic acids is 1. The Labute approximate surface area is 206 Å². The second-order valence-electron chi connectivity index (χ2n) is 9.43. The van der Waals surface area contributed by atoms with Gasteiger partial charge in [-0.1, -0.05) is 74.4 Å². The number of carboxylic acid groups (broad SMARTS) is 1. The van der Waals surface area contributed by atoms with Gasteiger partial charge >= 0.3 is 5.97 Å². The zero-order chi connectivity index (χ0) is 24.2. The van der Waals surface area contributed by atoms with Crippen molar-refractivity contribution in [1.82, 2.24) is 4.98 Å². The Morgan fingerprint density at radius 2 is 1.80 bits per heavy atom. The quantitative estimate of drug-likeness (QED) is 0.280.